The molecule has 1 spiro atoms. The average Bonchev–Trinajstić information content (AvgIpc) is 2.68. The Kier molecular flexibility index (Phi) is 3.97. The second-order valence-corrected chi connectivity index (χ2v) is 5.99. The van der Waals surface area contributed by atoms with Gasteiger partial charge >= 0.3 is 5.97 Å². The average molecular weight is 255 g/mol. The summed E-state index contributed by atoms with van der Waals surface area (Å²) in [6.45, 7) is 3.59. The predicted molar refractivity (Wildman–Crippen MR) is 69.3 cm³/mol. The molecule has 4 nitrogen and oxygen atoms in total. The molecule has 0 amide bonds. The number of carboxylic acids is 1. The fourth-order valence-electron chi connectivity index (χ4n) is 4.41. The maximum Gasteiger partial charge on any atom is 0.303 e. The summed E-state index contributed by atoms with van der Waals surface area (Å²) in [6, 6.07) is -0.00537. The number of nitrogens with two attached hydrogens (primary N) is 1. The van der Waals surface area contributed by atoms with Crippen molar-refractivity contribution in [1.82, 2.24) is 0 Å². The van der Waals surface area contributed by atoms with Crippen molar-refractivity contribution >= 4 is 5.97 Å². The van der Waals surface area contributed by atoms with Crippen molar-refractivity contribution < 1.29 is 14.6 Å². The van der Waals surface area contributed by atoms with Crippen molar-refractivity contribution in [2.24, 2.45) is 16.6 Å². The third-order valence-corrected chi connectivity index (χ3v) is 5.40. The summed E-state index contributed by atoms with van der Waals surface area (Å²) in [6.07, 6.45) is 6.24. The zero-order valence-electron chi connectivity index (χ0n) is 11.3. The van der Waals surface area contributed by atoms with Crippen molar-refractivity contribution in [2.45, 2.75) is 57.9 Å². The van der Waals surface area contributed by atoms with Gasteiger partial charge in [-0.1, -0.05) is 13.3 Å². The van der Waals surface area contributed by atoms with Gasteiger partial charge in [-0.15, -0.1) is 0 Å². The van der Waals surface area contributed by atoms with E-state index in [0.717, 1.165) is 51.7 Å². The highest BCUT2D eigenvalue weighted by Crippen LogP contribution is 2.61. The number of hydrogen-bond donors (Lipinski definition) is 2. The Morgan fingerprint density at radius 1 is 1.33 bits per heavy atom. The second kappa shape index (κ2) is 5.17. The molecule has 0 aromatic heterocycles. The van der Waals surface area contributed by atoms with Crippen LogP contribution in [0, 0.1) is 10.8 Å². The van der Waals surface area contributed by atoms with Crippen LogP contribution in [0.5, 0.6) is 0 Å². The maximum atomic E-state index is 11.3. The van der Waals surface area contributed by atoms with Crippen LogP contribution >= 0.6 is 0 Å². The van der Waals surface area contributed by atoms with E-state index in [1.807, 2.05) is 0 Å². The van der Waals surface area contributed by atoms with Gasteiger partial charge in [-0.25, -0.2) is 0 Å². The molecule has 104 valence electrons. The van der Waals surface area contributed by atoms with Gasteiger partial charge < -0.3 is 15.6 Å². The van der Waals surface area contributed by atoms with Crippen molar-refractivity contribution in [1.29, 1.82) is 0 Å². The van der Waals surface area contributed by atoms with E-state index in [4.69, 9.17) is 10.5 Å². The molecule has 1 heterocycles. The molecule has 0 aromatic carbocycles. The fourth-order valence-corrected chi connectivity index (χ4v) is 4.41. The quantitative estimate of drug-likeness (QED) is 0.807. The van der Waals surface area contributed by atoms with E-state index in [2.05, 4.69) is 6.92 Å². The maximum absolute atomic E-state index is 11.3. The molecule has 2 atom stereocenters. The van der Waals surface area contributed by atoms with Crippen LogP contribution < -0.4 is 5.73 Å². The minimum Gasteiger partial charge on any atom is -0.481 e. The Bertz CT molecular complexity index is 312. The second-order valence-electron chi connectivity index (χ2n) is 5.99. The summed E-state index contributed by atoms with van der Waals surface area (Å²) >= 11 is 0. The Morgan fingerprint density at radius 3 is 2.56 bits per heavy atom. The van der Waals surface area contributed by atoms with Crippen molar-refractivity contribution in [2.75, 3.05) is 13.2 Å². The first kappa shape index (κ1) is 13.8. The molecule has 1 aliphatic carbocycles. The van der Waals surface area contributed by atoms with Gasteiger partial charge in [0.05, 0.1) is 6.42 Å². The summed E-state index contributed by atoms with van der Waals surface area (Å²) in [5.74, 6) is -0.702. The zero-order chi connectivity index (χ0) is 13.2. The van der Waals surface area contributed by atoms with E-state index >= 15 is 0 Å². The van der Waals surface area contributed by atoms with Gasteiger partial charge in [-0.2, -0.15) is 0 Å². The standard InChI is InChI=1S/C14H25NO3/c1-2-11(15)14(10-12(16)17)5-3-4-13(14)6-8-18-9-7-13/h11H,2-10,15H2,1H3,(H,16,17). The number of ether oxygens (including phenoxy) is 1. The molecule has 0 bridgehead atoms. The summed E-state index contributed by atoms with van der Waals surface area (Å²) in [7, 11) is 0. The van der Waals surface area contributed by atoms with Crippen LogP contribution in [0.15, 0.2) is 0 Å². The first-order valence-corrected chi connectivity index (χ1v) is 7.11. The van der Waals surface area contributed by atoms with Crippen LogP contribution in [-0.2, 0) is 9.53 Å². The monoisotopic (exact) mass is 255 g/mol. The highest BCUT2D eigenvalue weighted by molar-refractivity contribution is 5.68. The lowest BCUT2D eigenvalue weighted by Crippen LogP contribution is -2.53. The number of carboxylic acid groups (broad SMARTS) is 1. The molecule has 2 aliphatic rings. The van der Waals surface area contributed by atoms with Crippen LogP contribution in [0.4, 0.5) is 0 Å². The molecule has 18 heavy (non-hydrogen) atoms. The molecule has 1 aliphatic heterocycles. The highest BCUT2D eigenvalue weighted by Gasteiger charge is 2.57. The van der Waals surface area contributed by atoms with Crippen LogP contribution in [0.1, 0.15) is 51.9 Å². The van der Waals surface area contributed by atoms with E-state index in [-0.39, 0.29) is 23.3 Å². The molecule has 2 unspecified atom stereocenters. The van der Waals surface area contributed by atoms with Gasteiger partial charge in [-0.05, 0) is 37.5 Å². The largest absolute Gasteiger partial charge is 0.481 e. The summed E-state index contributed by atoms with van der Waals surface area (Å²) in [4.78, 5) is 11.3. The Balaban J connectivity index is 2.33. The Labute approximate surface area is 109 Å². The van der Waals surface area contributed by atoms with E-state index in [0.29, 0.717) is 0 Å². The van der Waals surface area contributed by atoms with Gasteiger partial charge in [0.1, 0.15) is 0 Å². The summed E-state index contributed by atoms with van der Waals surface area (Å²) < 4.78 is 5.48. The van der Waals surface area contributed by atoms with Gasteiger partial charge in [0.15, 0.2) is 0 Å². The third kappa shape index (κ3) is 2.05. The molecular weight excluding hydrogens is 230 g/mol. The van der Waals surface area contributed by atoms with E-state index < -0.39 is 5.97 Å². The summed E-state index contributed by atoms with van der Waals surface area (Å²) in [5.41, 5.74) is 6.26. The molecule has 0 radical (unpaired) electrons. The van der Waals surface area contributed by atoms with Crippen molar-refractivity contribution in [3.63, 3.8) is 0 Å². The van der Waals surface area contributed by atoms with E-state index in [9.17, 15) is 9.90 Å². The number of aliphatic carboxylic acids is 1. The van der Waals surface area contributed by atoms with Gasteiger partial charge in [0, 0.05) is 24.7 Å². The number of hydrogen-bond acceptors (Lipinski definition) is 3. The number of rotatable bonds is 4. The molecule has 2 fully saturated rings. The predicted octanol–water partition coefficient (Wildman–Crippen LogP) is 2.17. The fraction of sp³-hybridized carbons (Fsp3) is 0.929. The molecule has 4 heteroatoms. The Hall–Kier alpha value is -0.610. The van der Waals surface area contributed by atoms with Crippen molar-refractivity contribution in [3.8, 4) is 0 Å². The minimum atomic E-state index is -0.702. The SMILES string of the molecule is CCC(N)C1(CC(=O)O)CCCC12CCOCC2. The Morgan fingerprint density at radius 2 is 2.00 bits per heavy atom. The van der Waals surface area contributed by atoms with Crippen LogP contribution in [0.3, 0.4) is 0 Å². The first-order valence-electron chi connectivity index (χ1n) is 7.11. The lowest BCUT2D eigenvalue weighted by molar-refractivity contribution is -0.146. The molecule has 1 saturated heterocycles. The summed E-state index contributed by atoms with van der Waals surface area (Å²) in [5, 5.41) is 9.31. The van der Waals surface area contributed by atoms with E-state index in [1.54, 1.807) is 0 Å². The first-order chi connectivity index (χ1) is 8.56. The highest BCUT2D eigenvalue weighted by atomic mass is 16.5. The molecule has 1 saturated carbocycles. The lowest BCUT2D eigenvalue weighted by Gasteiger charge is -2.51. The number of carbonyl (C=O) groups is 1. The topological polar surface area (TPSA) is 72.6 Å². The van der Waals surface area contributed by atoms with Crippen molar-refractivity contribution in [3.05, 3.63) is 0 Å². The van der Waals surface area contributed by atoms with Crippen LogP contribution in [0.25, 0.3) is 0 Å². The van der Waals surface area contributed by atoms with Gasteiger partial charge in [-0.3, -0.25) is 4.79 Å². The van der Waals surface area contributed by atoms with Crippen LogP contribution in [-0.4, -0.2) is 30.3 Å². The normalized spacial score (nSPS) is 32.6. The molecule has 0 aromatic rings. The molecule has 3 N–H and O–H groups in total. The minimum absolute atomic E-state index is 0.00537. The van der Waals surface area contributed by atoms with Gasteiger partial charge in [0.25, 0.3) is 0 Å². The molecule has 2 rings (SSSR count). The van der Waals surface area contributed by atoms with Crippen LogP contribution in [0.2, 0.25) is 0 Å². The smallest absolute Gasteiger partial charge is 0.303 e. The molecular formula is C14H25NO3. The lowest BCUT2D eigenvalue weighted by atomic mass is 9.56. The van der Waals surface area contributed by atoms with E-state index in [1.165, 1.54) is 0 Å². The third-order valence-electron chi connectivity index (χ3n) is 5.40. The van der Waals surface area contributed by atoms with Gasteiger partial charge in [0.2, 0.25) is 0 Å². The zero-order valence-corrected chi connectivity index (χ0v) is 11.3.